The zero-order valence-corrected chi connectivity index (χ0v) is 23.6. The van der Waals surface area contributed by atoms with Gasteiger partial charge in [0.05, 0.1) is 12.5 Å². The van der Waals surface area contributed by atoms with Crippen LogP contribution in [0.1, 0.15) is 45.1 Å². The molecule has 42 heavy (non-hydrogen) atoms. The second kappa shape index (κ2) is 16.0. The number of hydrogen-bond acceptors (Lipinski definition) is 7. The van der Waals surface area contributed by atoms with E-state index in [2.05, 4.69) is 25.9 Å². The second-order valence-corrected chi connectivity index (χ2v) is 10.4. The van der Waals surface area contributed by atoms with Crippen LogP contribution in [0, 0.1) is 5.92 Å². The number of para-hydroxylation sites is 1. The number of nitrogens with two attached hydrogens (primary N) is 3. The zero-order chi connectivity index (χ0) is 31.4. The predicted octanol–water partition coefficient (Wildman–Crippen LogP) is -0.849. The lowest BCUT2D eigenvalue weighted by Crippen LogP contribution is -2.57. The molecule has 15 nitrogen and oxygen atoms in total. The SMILES string of the molecule is CC(C)CC(NC(=O)C(CCCN=C(N)N)NC(=O)C(CC(=O)O)NC(=O)C(N)Cc1c[nH]c2ccccc12)C(=O)O. The molecule has 1 heterocycles. The molecule has 4 unspecified atom stereocenters. The Morgan fingerprint density at radius 2 is 1.55 bits per heavy atom. The number of hydrogen-bond donors (Lipinski definition) is 9. The molecule has 1 aromatic carbocycles. The molecule has 0 saturated carbocycles. The monoisotopic (exact) mass is 588 g/mol. The van der Waals surface area contributed by atoms with Gasteiger partial charge >= 0.3 is 11.9 Å². The highest BCUT2D eigenvalue weighted by Crippen LogP contribution is 2.19. The molecule has 0 aliphatic heterocycles. The van der Waals surface area contributed by atoms with Crippen LogP contribution in [0.4, 0.5) is 0 Å². The summed E-state index contributed by atoms with van der Waals surface area (Å²) in [6.07, 6.45) is 1.40. The van der Waals surface area contributed by atoms with E-state index in [-0.39, 0.29) is 44.1 Å². The van der Waals surface area contributed by atoms with Gasteiger partial charge in [0.1, 0.15) is 18.1 Å². The number of benzene rings is 1. The molecule has 0 bridgehead atoms. The number of aromatic nitrogens is 1. The number of aliphatic carboxylic acids is 2. The Morgan fingerprint density at radius 1 is 0.929 bits per heavy atom. The molecule has 0 aliphatic carbocycles. The first kappa shape index (κ1) is 33.5. The lowest BCUT2D eigenvalue weighted by Gasteiger charge is -2.25. The highest BCUT2D eigenvalue weighted by molar-refractivity contribution is 5.96. The number of aromatic amines is 1. The molecular weight excluding hydrogens is 548 g/mol. The number of amides is 3. The van der Waals surface area contributed by atoms with E-state index in [1.165, 1.54) is 0 Å². The van der Waals surface area contributed by atoms with Crippen LogP contribution in [0.25, 0.3) is 10.9 Å². The quantitative estimate of drug-likeness (QED) is 0.0627. The molecule has 0 fully saturated rings. The van der Waals surface area contributed by atoms with Crippen molar-refractivity contribution >= 4 is 46.5 Å². The summed E-state index contributed by atoms with van der Waals surface area (Å²) in [5.74, 6) is -5.36. The van der Waals surface area contributed by atoms with Crippen molar-refractivity contribution in [3.8, 4) is 0 Å². The number of carboxylic acid groups (broad SMARTS) is 2. The summed E-state index contributed by atoms with van der Waals surface area (Å²) < 4.78 is 0. The molecule has 0 saturated heterocycles. The van der Waals surface area contributed by atoms with Crippen molar-refractivity contribution in [1.82, 2.24) is 20.9 Å². The summed E-state index contributed by atoms with van der Waals surface area (Å²) >= 11 is 0. The number of nitrogens with zero attached hydrogens (tertiary/aromatic N) is 1. The van der Waals surface area contributed by atoms with Crippen LogP contribution < -0.4 is 33.2 Å². The standard InChI is InChI=1S/C27H40N8O7/c1-14(2)10-21(26(41)42)35-24(39)19(8-5-9-31-27(29)30)33-25(40)20(12-22(36)37)34-23(38)17(28)11-15-13-32-18-7-4-3-6-16(15)18/h3-4,6-7,13-14,17,19-21,32H,5,8-12,28H2,1-2H3,(H,33,40)(H,34,38)(H,35,39)(H,36,37)(H,41,42)(H4,29,30,31). The normalized spacial score (nSPS) is 13.9. The fraction of sp³-hybridized carbons (Fsp3) is 0.481. The maximum atomic E-state index is 13.2. The highest BCUT2D eigenvalue weighted by atomic mass is 16.4. The number of carboxylic acids is 2. The molecule has 15 heteroatoms. The first-order chi connectivity index (χ1) is 19.8. The van der Waals surface area contributed by atoms with Crippen molar-refractivity contribution in [2.75, 3.05) is 6.54 Å². The van der Waals surface area contributed by atoms with Crippen LogP contribution in [-0.4, -0.2) is 81.5 Å². The van der Waals surface area contributed by atoms with Crippen molar-refractivity contribution in [1.29, 1.82) is 0 Å². The number of rotatable bonds is 17. The Bertz CT molecular complexity index is 1290. The Kier molecular flexibility index (Phi) is 12.7. The fourth-order valence-corrected chi connectivity index (χ4v) is 4.30. The van der Waals surface area contributed by atoms with Crippen molar-refractivity contribution < 1.29 is 34.2 Å². The molecule has 0 aliphatic rings. The van der Waals surface area contributed by atoms with Crippen molar-refractivity contribution in [2.24, 2.45) is 28.1 Å². The average Bonchev–Trinajstić information content (AvgIpc) is 3.31. The summed E-state index contributed by atoms with van der Waals surface area (Å²) in [6, 6.07) is 2.25. The van der Waals surface area contributed by atoms with Gasteiger partial charge in [-0.2, -0.15) is 0 Å². The average molecular weight is 589 g/mol. The van der Waals surface area contributed by atoms with Gasteiger partial charge in [0.2, 0.25) is 17.7 Å². The third kappa shape index (κ3) is 10.7. The lowest BCUT2D eigenvalue weighted by molar-refractivity contribution is -0.143. The number of nitrogens with one attached hydrogen (secondary N) is 4. The molecule has 4 atom stereocenters. The first-order valence-corrected chi connectivity index (χ1v) is 13.5. The van der Waals surface area contributed by atoms with Gasteiger partial charge in [-0.3, -0.25) is 24.2 Å². The van der Waals surface area contributed by atoms with E-state index in [4.69, 9.17) is 17.2 Å². The number of guanidine groups is 1. The molecule has 2 rings (SSSR count). The summed E-state index contributed by atoms with van der Waals surface area (Å²) in [7, 11) is 0. The zero-order valence-electron chi connectivity index (χ0n) is 23.6. The first-order valence-electron chi connectivity index (χ1n) is 13.5. The summed E-state index contributed by atoms with van der Waals surface area (Å²) in [4.78, 5) is 69.3. The van der Waals surface area contributed by atoms with Gasteiger partial charge in [0.25, 0.3) is 0 Å². The molecule has 3 amide bonds. The number of aliphatic imine (C=N–C) groups is 1. The van der Waals surface area contributed by atoms with Gasteiger partial charge in [-0.25, -0.2) is 4.79 Å². The van der Waals surface area contributed by atoms with E-state index in [9.17, 15) is 34.2 Å². The number of carbonyl (C=O) groups excluding carboxylic acids is 3. The van der Waals surface area contributed by atoms with Crippen molar-refractivity contribution in [3.05, 3.63) is 36.0 Å². The highest BCUT2D eigenvalue weighted by Gasteiger charge is 2.31. The third-order valence-electron chi connectivity index (χ3n) is 6.36. The molecular formula is C27H40N8O7. The topological polar surface area (TPSA) is 268 Å². The van der Waals surface area contributed by atoms with Gasteiger partial charge in [-0.1, -0.05) is 32.0 Å². The summed E-state index contributed by atoms with van der Waals surface area (Å²) in [5, 5.41) is 27.0. The van der Waals surface area contributed by atoms with Gasteiger partial charge < -0.3 is 48.3 Å². The Labute approximate surface area is 242 Å². The molecule has 1 aromatic heterocycles. The van der Waals surface area contributed by atoms with E-state index in [0.717, 1.165) is 16.5 Å². The van der Waals surface area contributed by atoms with Gasteiger partial charge in [0.15, 0.2) is 5.96 Å². The second-order valence-electron chi connectivity index (χ2n) is 10.4. The Morgan fingerprint density at radius 3 is 2.17 bits per heavy atom. The van der Waals surface area contributed by atoms with Crippen LogP contribution in [0.5, 0.6) is 0 Å². The smallest absolute Gasteiger partial charge is 0.326 e. The van der Waals surface area contributed by atoms with E-state index < -0.39 is 60.2 Å². The summed E-state index contributed by atoms with van der Waals surface area (Å²) in [5.41, 5.74) is 18.4. The largest absolute Gasteiger partial charge is 0.481 e. The van der Waals surface area contributed by atoms with Gasteiger partial charge in [-0.15, -0.1) is 0 Å². The lowest BCUT2D eigenvalue weighted by atomic mass is 10.0. The van der Waals surface area contributed by atoms with Crippen molar-refractivity contribution in [2.45, 2.75) is 70.1 Å². The molecule has 2 aromatic rings. The minimum absolute atomic E-state index is 0.00378. The number of fused-ring (bicyclic) bond motifs is 1. The van der Waals surface area contributed by atoms with Crippen molar-refractivity contribution in [3.63, 3.8) is 0 Å². The van der Waals surface area contributed by atoms with Crippen LogP contribution >= 0.6 is 0 Å². The van der Waals surface area contributed by atoms with Crippen LogP contribution in [0.3, 0.4) is 0 Å². The maximum Gasteiger partial charge on any atom is 0.326 e. The van der Waals surface area contributed by atoms with E-state index in [1.807, 2.05) is 24.3 Å². The third-order valence-corrected chi connectivity index (χ3v) is 6.36. The fourth-order valence-electron chi connectivity index (χ4n) is 4.30. The van der Waals surface area contributed by atoms with Crippen LogP contribution in [-0.2, 0) is 30.4 Å². The minimum atomic E-state index is -1.57. The summed E-state index contributed by atoms with van der Waals surface area (Å²) in [6.45, 7) is 3.70. The van der Waals surface area contributed by atoms with E-state index in [0.29, 0.717) is 0 Å². The van der Waals surface area contributed by atoms with E-state index in [1.54, 1.807) is 20.0 Å². The molecule has 12 N–H and O–H groups in total. The van der Waals surface area contributed by atoms with Crippen LogP contribution in [0.2, 0.25) is 0 Å². The number of carbonyl (C=O) groups is 5. The van der Waals surface area contributed by atoms with E-state index >= 15 is 0 Å². The molecule has 0 radical (unpaired) electrons. The molecule has 0 spiro atoms. The Hall–Kier alpha value is -4.66. The maximum absolute atomic E-state index is 13.2. The predicted molar refractivity (Wildman–Crippen MR) is 155 cm³/mol. The van der Waals surface area contributed by atoms with Crippen LogP contribution in [0.15, 0.2) is 35.5 Å². The van der Waals surface area contributed by atoms with Gasteiger partial charge in [0, 0.05) is 23.6 Å². The molecule has 230 valence electrons. The Balaban J connectivity index is 2.17. The minimum Gasteiger partial charge on any atom is -0.481 e. The van der Waals surface area contributed by atoms with Gasteiger partial charge in [-0.05, 0) is 43.2 Å². The number of H-pyrrole nitrogens is 1.